The Bertz CT molecular complexity index is 1630. The minimum absolute atomic E-state index is 0.0239. The molecule has 5 rings (SSSR count). The number of fused-ring (bicyclic) bond motifs is 1. The summed E-state index contributed by atoms with van der Waals surface area (Å²) in [5.74, 6) is 0.312. The Labute approximate surface area is 224 Å². The normalized spacial score (nSPS) is 11.2. The average molecular weight is 554 g/mol. The molecule has 5 aromatic rings. The number of alkyl halides is 2. The first kappa shape index (κ1) is 25.9. The third-order valence-corrected chi connectivity index (χ3v) is 6.65. The lowest BCUT2D eigenvalue weighted by Crippen LogP contribution is -2.16. The Balaban J connectivity index is 1.41. The topological polar surface area (TPSA) is 130 Å². The van der Waals surface area contributed by atoms with Crippen molar-refractivity contribution in [3.63, 3.8) is 0 Å². The van der Waals surface area contributed by atoms with Gasteiger partial charge >= 0.3 is 0 Å². The summed E-state index contributed by atoms with van der Waals surface area (Å²) in [6.07, 6.45) is -1.49. The number of ether oxygens (including phenoxy) is 2. The van der Waals surface area contributed by atoms with Gasteiger partial charge in [0.15, 0.2) is 5.76 Å². The van der Waals surface area contributed by atoms with E-state index in [2.05, 4.69) is 10.3 Å². The number of furan rings is 2. The van der Waals surface area contributed by atoms with Gasteiger partial charge in [-0.1, -0.05) is 0 Å². The highest BCUT2D eigenvalue weighted by atomic mass is 32.1. The van der Waals surface area contributed by atoms with E-state index in [-0.39, 0.29) is 44.5 Å². The maximum absolute atomic E-state index is 13.6. The highest BCUT2D eigenvalue weighted by molar-refractivity contribution is 7.21. The number of nitrogens with zero attached hydrogens (tertiary/aromatic N) is 1. The minimum atomic E-state index is -2.87. The van der Waals surface area contributed by atoms with Crippen LogP contribution in [0.4, 0.5) is 14.5 Å². The van der Waals surface area contributed by atoms with Crippen LogP contribution in [0, 0.1) is 0 Å². The Hall–Kier alpha value is -4.71. The number of halogens is 2. The number of benzene rings is 1. The predicted octanol–water partition coefficient (Wildman–Crippen LogP) is 6.42. The van der Waals surface area contributed by atoms with Crippen LogP contribution < -0.4 is 20.5 Å². The summed E-state index contributed by atoms with van der Waals surface area (Å²) in [5, 5.41) is 2.88. The van der Waals surface area contributed by atoms with Crippen LogP contribution in [0.15, 0.2) is 69.7 Å². The molecule has 4 heterocycles. The van der Waals surface area contributed by atoms with Crippen LogP contribution >= 0.6 is 11.3 Å². The van der Waals surface area contributed by atoms with E-state index in [1.54, 1.807) is 42.5 Å². The number of aromatic nitrogens is 1. The maximum Gasteiger partial charge on any atom is 0.291 e. The molecule has 39 heavy (non-hydrogen) atoms. The van der Waals surface area contributed by atoms with Crippen LogP contribution in [0.25, 0.3) is 21.5 Å². The lowest BCUT2D eigenvalue weighted by molar-refractivity contribution is 0.0992. The zero-order valence-corrected chi connectivity index (χ0v) is 21.2. The summed E-state index contributed by atoms with van der Waals surface area (Å²) in [6.45, 7) is 2.50. The summed E-state index contributed by atoms with van der Waals surface area (Å²) < 4.78 is 49.3. The van der Waals surface area contributed by atoms with Crippen molar-refractivity contribution in [1.82, 2.24) is 4.98 Å². The fraction of sp³-hybridized carbons (Fsp3) is 0.148. The zero-order valence-electron chi connectivity index (χ0n) is 20.4. The number of nitrogens with one attached hydrogen (secondary N) is 1. The number of hydrogen-bond acceptors (Lipinski definition) is 8. The van der Waals surface area contributed by atoms with Gasteiger partial charge in [-0.25, -0.2) is 13.8 Å². The van der Waals surface area contributed by atoms with Crippen molar-refractivity contribution in [2.75, 3.05) is 11.9 Å². The first-order chi connectivity index (χ1) is 18.8. The first-order valence-electron chi connectivity index (χ1n) is 11.7. The number of amides is 2. The van der Waals surface area contributed by atoms with Gasteiger partial charge in [0.1, 0.15) is 45.0 Å². The fourth-order valence-corrected chi connectivity index (χ4v) is 4.87. The molecule has 1 aromatic carbocycles. The van der Waals surface area contributed by atoms with Crippen LogP contribution in [0.5, 0.6) is 11.5 Å². The molecule has 9 nitrogen and oxygen atoms in total. The molecular formula is C27H21F2N3O6S. The SMILES string of the molecule is CCOc1ccc(OCc2ccc(C(=O)Nc3c(C(N)=O)sc4nc(C(F)F)cc(-c5ccco5)c34)o2)cc1. The molecule has 0 saturated heterocycles. The lowest BCUT2D eigenvalue weighted by Gasteiger charge is -2.09. The van der Waals surface area contributed by atoms with Gasteiger partial charge in [-0.2, -0.15) is 0 Å². The van der Waals surface area contributed by atoms with Crippen molar-refractivity contribution in [1.29, 1.82) is 0 Å². The molecule has 0 aliphatic carbocycles. The molecule has 0 unspecified atom stereocenters. The number of nitrogens with two attached hydrogens (primary N) is 1. The molecular weight excluding hydrogens is 532 g/mol. The van der Waals surface area contributed by atoms with Crippen LogP contribution in [0.3, 0.4) is 0 Å². The number of primary amides is 1. The van der Waals surface area contributed by atoms with Gasteiger partial charge in [0.05, 0.1) is 18.6 Å². The highest BCUT2D eigenvalue weighted by Crippen LogP contribution is 2.42. The number of carbonyl (C=O) groups is 2. The molecule has 3 N–H and O–H groups in total. The Morgan fingerprint density at radius 1 is 1.10 bits per heavy atom. The number of pyridine rings is 1. The predicted molar refractivity (Wildman–Crippen MR) is 139 cm³/mol. The van der Waals surface area contributed by atoms with Crippen LogP contribution in [-0.4, -0.2) is 23.4 Å². The Morgan fingerprint density at radius 2 is 1.85 bits per heavy atom. The monoisotopic (exact) mass is 553 g/mol. The zero-order chi connectivity index (χ0) is 27.5. The van der Waals surface area contributed by atoms with Gasteiger partial charge in [-0.3, -0.25) is 9.59 Å². The second-order valence-corrected chi connectivity index (χ2v) is 9.14. The number of carbonyl (C=O) groups excluding carboxylic acids is 2. The van der Waals surface area contributed by atoms with Crippen LogP contribution in [-0.2, 0) is 6.61 Å². The van der Waals surface area contributed by atoms with E-state index in [9.17, 15) is 18.4 Å². The highest BCUT2D eigenvalue weighted by Gasteiger charge is 2.26. The largest absolute Gasteiger partial charge is 0.494 e. The summed E-state index contributed by atoms with van der Waals surface area (Å²) >= 11 is 0.792. The molecule has 4 aromatic heterocycles. The molecule has 0 spiro atoms. The quantitative estimate of drug-likeness (QED) is 0.204. The lowest BCUT2D eigenvalue weighted by atomic mass is 10.1. The number of anilines is 1. The average Bonchev–Trinajstić information content (AvgIpc) is 3.68. The Kier molecular flexibility index (Phi) is 7.28. The molecule has 0 atom stereocenters. The van der Waals surface area contributed by atoms with Crippen molar-refractivity contribution in [2.45, 2.75) is 20.0 Å². The van der Waals surface area contributed by atoms with E-state index in [1.807, 2.05) is 6.92 Å². The van der Waals surface area contributed by atoms with Gasteiger partial charge in [-0.05, 0) is 61.5 Å². The third kappa shape index (κ3) is 5.46. The standard InChI is InChI=1S/C27H21F2N3O6S/c1-2-35-14-5-7-15(8-6-14)37-13-16-9-10-20(38-16)26(34)32-22-21-17(19-4-3-11-36-19)12-18(24(28)29)31-27(21)39-23(22)25(30)33/h3-12,24H,2,13H2,1H3,(H2,30,33)(H,32,34). The summed E-state index contributed by atoms with van der Waals surface area (Å²) in [5.41, 5.74) is 5.30. The minimum Gasteiger partial charge on any atom is -0.494 e. The molecule has 0 aliphatic rings. The van der Waals surface area contributed by atoms with Gasteiger partial charge in [0.2, 0.25) is 0 Å². The molecule has 0 fully saturated rings. The van der Waals surface area contributed by atoms with Gasteiger partial charge in [0, 0.05) is 10.9 Å². The maximum atomic E-state index is 13.6. The third-order valence-electron chi connectivity index (χ3n) is 5.56. The van der Waals surface area contributed by atoms with E-state index in [0.717, 1.165) is 17.4 Å². The second-order valence-electron chi connectivity index (χ2n) is 8.14. The van der Waals surface area contributed by atoms with Crippen molar-refractivity contribution >= 4 is 39.1 Å². The summed E-state index contributed by atoms with van der Waals surface area (Å²) in [7, 11) is 0. The molecule has 0 bridgehead atoms. The molecule has 200 valence electrons. The molecule has 0 radical (unpaired) electrons. The van der Waals surface area contributed by atoms with Gasteiger partial charge in [0.25, 0.3) is 18.2 Å². The summed E-state index contributed by atoms with van der Waals surface area (Å²) in [4.78, 5) is 29.4. The second kappa shape index (κ2) is 11.0. The number of hydrogen-bond donors (Lipinski definition) is 2. The van der Waals surface area contributed by atoms with Crippen molar-refractivity contribution in [3.8, 4) is 22.8 Å². The van der Waals surface area contributed by atoms with Crippen molar-refractivity contribution in [3.05, 3.63) is 83.0 Å². The smallest absolute Gasteiger partial charge is 0.291 e. The van der Waals surface area contributed by atoms with Gasteiger partial charge in [-0.15, -0.1) is 11.3 Å². The van der Waals surface area contributed by atoms with E-state index in [0.29, 0.717) is 23.9 Å². The summed E-state index contributed by atoms with van der Waals surface area (Å²) in [6, 6.07) is 14.4. The molecule has 0 saturated carbocycles. The van der Waals surface area contributed by atoms with Crippen LogP contribution in [0.2, 0.25) is 0 Å². The van der Waals surface area contributed by atoms with Crippen molar-refractivity contribution < 1.29 is 36.7 Å². The van der Waals surface area contributed by atoms with Crippen LogP contribution in [0.1, 0.15) is 45.0 Å². The fourth-order valence-electron chi connectivity index (χ4n) is 3.85. The van der Waals surface area contributed by atoms with Crippen molar-refractivity contribution in [2.24, 2.45) is 5.73 Å². The van der Waals surface area contributed by atoms with E-state index in [4.69, 9.17) is 24.0 Å². The Morgan fingerprint density at radius 3 is 2.49 bits per heavy atom. The molecule has 2 amide bonds. The molecule has 0 aliphatic heterocycles. The number of thiophene rings is 1. The van der Waals surface area contributed by atoms with E-state index < -0.39 is 23.9 Å². The molecule has 12 heteroatoms. The van der Waals surface area contributed by atoms with E-state index >= 15 is 0 Å². The van der Waals surface area contributed by atoms with E-state index in [1.165, 1.54) is 12.3 Å². The first-order valence-corrected chi connectivity index (χ1v) is 12.5. The number of rotatable bonds is 10. The van der Waals surface area contributed by atoms with Gasteiger partial charge < -0.3 is 29.4 Å².